The van der Waals surface area contributed by atoms with Crippen molar-refractivity contribution >= 4 is 11.4 Å². The summed E-state index contributed by atoms with van der Waals surface area (Å²) in [6.45, 7) is 6.26. The molecule has 0 aliphatic heterocycles. The van der Waals surface area contributed by atoms with E-state index in [0.29, 0.717) is 0 Å². The Hall–Kier alpha value is -2.36. The summed E-state index contributed by atoms with van der Waals surface area (Å²) < 4.78 is 0. The Morgan fingerprint density at radius 2 is 1.70 bits per heavy atom. The number of nitro benzene ring substituents is 1. The maximum atomic E-state index is 10.6. The molecule has 1 atom stereocenters. The average Bonchev–Trinajstić information content (AvgIpc) is 2.42. The summed E-state index contributed by atoms with van der Waals surface area (Å²) in [5.41, 5.74) is 4.72. The quantitative estimate of drug-likeness (QED) is 0.662. The zero-order chi connectivity index (χ0) is 14.7. The molecule has 0 amide bonds. The average molecular weight is 270 g/mol. The number of aryl methyl sites for hydroxylation is 2. The van der Waals surface area contributed by atoms with Gasteiger partial charge in [-0.1, -0.05) is 18.2 Å². The van der Waals surface area contributed by atoms with Crippen molar-refractivity contribution in [1.82, 2.24) is 0 Å². The van der Waals surface area contributed by atoms with E-state index in [0.717, 1.165) is 5.69 Å². The van der Waals surface area contributed by atoms with Crippen molar-refractivity contribution in [3.05, 3.63) is 69.3 Å². The third-order valence-corrected chi connectivity index (χ3v) is 3.49. The summed E-state index contributed by atoms with van der Waals surface area (Å²) in [5, 5.41) is 14.0. The molecule has 0 saturated carbocycles. The lowest BCUT2D eigenvalue weighted by Crippen LogP contribution is -2.07. The summed E-state index contributed by atoms with van der Waals surface area (Å²) in [6.07, 6.45) is 0. The van der Waals surface area contributed by atoms with Crippen LogP contribution in [0.25, 0.3) is 0 Å². The highest BCUT2D eigenvalue weighted by Gasteiger charge is 2.08. The third-order valence-electron chi connectivity index (χ3n) is 3.49. The van der Waals surface area contributed by atoms with E-state index >= 15 is 0 Å². The van der Waals surface area contributed by atoms with Gasteiger partial charge >= 0.3 is 0 Å². The molecule has 2 rings (SSSR count). The van der Waals surface area contributed by atoms with Crippen LogP contribution in [0.3, 0.4) is 0 Å². The summed E-state index contributed by atoms with van der Waals surface area (Å²) >= 11 is 0. The minimum Gasteiger partial charge on any atom is -0.379 e. The summed E-state index contributed by atoms with van der Waals surface area (Å²) in [7, 11) is 0. The van der Waals surface area contributed by atoms with E-state index in [9.17, 15) is 10.1 Å². The topological polar surface area (TPSA) is 55.2 Å². The zero-order valence-corrected chi connectivity index (χ0v) is 11.9. The van der Waals surface area contributed by atoms with E-state index in [4.69, 9.17) is 0 Å². The van der Waals surface area contributed by atoms with Gasteiger partial charge in [0.05, 0.1) is 4.92 Å². The van der Waals surface area contributed by atoms with Crippen molar-refractivity contribution in [3.8, 4) is 0 Å². The molecule has 1 N–H and O–H groups in total. The molecule has 0 heterocycles. The Kier molecular flexibility index (Phi) is 4.03. The zero-order valence-electron chi connectivity index (χ0n) is 11.9. The fourth-order valence-corrected chi connectivity index (χ4v) is 2.05. The highest BCUT2D eigenvalue weighted by Crippen LogP contribution is 2.23. The molecule has 1 unspecified atom stereocenters. The fraction of sp³-hybridized carbons (Fsp3) is 0.250. The van der Waals surface area contributed by atoms with Crippen LogP contribution in [0.5, 0.6) is 0 Å². The van der Waals surface area contributed by atoms with Gasteiger partial charge in [0, 0.05) is 23.9 Å². The third kappa shape index (κ3) is 3.15. The number of nitro groups is 1. The Morgan fingerprint density at radius 3 is 2.25 bits per heavy atom. The maximum absolute atomic E-state index is 10.6. The van der Waals surface area contributed by atoms with E-state index in [-0.39, 0.29) is 11.7 Å². The number of rotatable bonds is 4. The molecule has 4 nitrogen and oxygen atoms in total. The van der Waals surface area contributed by atoms with E-state index < -0.39 is 4.92 Å². The molecular formula is C16H18N2O2. The Labute approximate surface area is 118 Å². The molecule has 0 aromatic heterocycles. The van der Waals surface area contributed by atoms with E-state index in [2.05, 4.69) is 44.3 Å². The molecule has 0 saturated heterocycles. The molecule has 0 radical (unpaired) electrons. The number of hydrogen-bond donors (Lipinski definition) is 1. The Balaban J connectivity index is 2.12. The normalized spacial score (nSPS) is 11.9. The highest BCUT2D eigenvalue weighted by molar-refractivity contribution is 5.50. The van der Waals surface area contributed by atoms with Gasteiger partial charge in [-0.3, -0.25) is 10.1 Å². The van der Waals surface area contributed by atoms with Crippen LogP contribution in [0, 0.1) is 24.0 Å². The molecular weight excluding hydrogens is 252 g/mol. The number of nitrogens with one attached hydrogen (secondary N) is 1. The first-order chi connectivity index (χ1) is 9.47. The van der Waals surface area contributed by atoms with Crippen LogP contribution in [0.2, 0.25) is 0 Å². The number of nitrogens with zero attached hydrogens (tertiary/aromatic N) is 1. The Morgan fingerprint density at radius 1 is 1.05 bits per heavy atom. The van der Waals surface area contributed by atoms with Crippen LogP contribution in [-0.2, 0) is 0 Å². The standard InChI is InChI=1S/C16H18N2O2/c1-11-4-5-14(10-12(11)2)13(3)17-15-6-8-16(9-7-15)18(19)20/h4-10,13,17H,1-3H3. The Bertz CT molecular complexity index is 621. The number of hydrogen-bond acceptors (Lipinski definition) is 3. The number of non-ortho nitro benzene ring substituents is 1. The molecule has 0 bridgehead atoms. The second-order valence-corrected chi connectivity index (χ2v) is 5.01. The second-order valence-electron chi connectivity index (χ2n) is 5.01. The predicted octanol–water partition coefficient (Wildman–Crippen LogP) is 4.38. The van der Waals surface area contributed by atoms with Crippen LogP contribution in [-0.4, -0.2) is 4.92 Å². The van der Waals surface area contributed by atoms with Crippen molar-refractivity contribution in [1.29, 1.82) is 0 Å². The number of anilines is 1. The van der Waals surface area contributed by atoms with Gasteiger partial charge in [-0.05, 0) is 49.6 Å². The van der Waals surface area contributed by atoms with Crippen molar-refractivity contribution in [2.75, 3.05) is 5.32 Å². The maximum Gasteiger partial charge on any atom is 0.269 e. The minimum atomic E-state index is -0.392. The van der Waals surface area contributed by atoms with Gasteiger partial charge in [0.2, 0.25) is 0 Å². The smallest absolute Gasteiger partial charge is 0.269 e. The van der Waals surface area contributed by atoms with Crippen molar-refractivity contribution < 1.29 is 4.92 Å². The van der Waals surface area contributed by atoms with Crippen molar-refractivity contribution in [3.63, 3.8) is 0 Å². The van der Waals surface area contributed by atoms with Crippen LogP contribution in [0.1, 0.15) is 29.7 Å². The lowest BCUT2D eigenvalue weighted by molar-refractivity contribution is -0.384. The molecule has 2 aromatic rings. The summed E-state index contributed by atoms with van der Waals surface area (Å²) in [5.74, 6) is 0. The van der Waals surface area contributed by atoms with E-state index in [1.807, 2.05) is 0 Å². The molecule has 4 heteroatoms. The molecule has 2 aromatic carbocycles. The second kappa shape index (κ2) is 5.74. The van der Waals surface area contributed by atoms with Crippen molar-refractivity contribution in [2.24, 2.45) is 0 Å². The van der Waals surface area contributed by atoms with Gasteiger partial charge in [0.15, 0.2) is 0 Å². The lowest BCUT2D eigenvalue weighted by Gasteiger charge is -2.16. The van der Waals surface area contributed by atoms with Gasteiger partial charge in [0.1, 0.15) is 0 Å². The largest absolute Gasteiger partial charge is 0.379 e. The van der Waals surface area contributed by atoms with Crippen LogP contribution in [0.15, 0.2) is 42.5 Å². The summed E-state index contributed by atoms with van der Waals surface area (Å²) in [6, 6.07) is 13.0. The summed E-state index contributed by atoms with van der Waals surface area (Å²) in [4.78, 5) is 10.2. The molecule has 0 aliphatic rings. The first kappa shape index (κ1) is 14.1. The molecule has 0 spiro atoms. The van der Waals surface area contributed by atoms with Crippen LogP contribution in [0.4, 0.5) is 11.4 Å². The van der Waals surface area contributed by atoms with E-state index in [1.165, 1.54) is 28.8 Å². The predicted molar refractivity (Wildman–Crippen MR) is 81.1 cm³/mol. The number of benzene rings is 2. The van der Waals surface area contributed by atoms with Gasteiger partial charge in [-0.15, -0.1) is 0 Å². The first-order valence-electron chi connectivity index (χ1n) is 6.55. The van der Waals surface area contributed by atoms with Crippen LogP contribution >= 0.6 is 0 Å². The van der Waals surface area contributed by atoms with Gasteiger partial charge in [-0.25, -0.2) is 0 Å². The first-order valence-corrected chi connectivity index (χ1v) is 6.55. The van der Waals surface area contributed by atoms with Crippen molar-refractivity contribution in [2.45, 2.75) is 26.8 Å². The molecule has 0 fully saturated rings. The molecule has 104 valence electrons. The van der Waals surface area contributed by atoms with Crippen LogP contribution < -0.4 is 5.32 Å². The van der Waals surface area contributed by atoms with Gasteiger partial charge in [0.25, 0.3) is 5.69 Å². The molecule has 0 aliphatic carbocycles. The highest BCUT2D eigenvalue weighted by atomic mass is 16.6. The SMILES string of the molecule is Cc1ccc(C(C)Nc2ccc([N+](=O)[O-])cc2)cc1C. The monoisotopic (exact) mass is 270 g/mol. The molecule has 20 heavy (non-hydrogen) atoms. The van der Waals surface area contributed by atoms with Gasteiger partial charge in [-0.2, -0.15) is 0 Å². The minimum absolute atomic E-state index is 0.106. The fourth-order valence-electron chi connectivity index (χ4n) is 2.05. The van der Waals surface area contributed by atoms with E-state index in [1.54, 1.807) is 12.1 Å². The lowest BCUT2D eigenvalue weighted by atomic mass is 10.0. The van der Waals surface area contributed by atoms with Gasteiger partial charge < -0.3 is 5.32 Å².